The van der Waals surface area contributed by atoms with Gasteiger partial charge in [0.05, 0.1) is 17.8 Å². The molecule has 2 N–H and O–H groups in total. The molecule has 2 bridgehead atoms. The van der Waals surface area contributed by atoms with Crippen molar-refractivity contribution in [3.8, 4) is 0 Å². The van der Waals surface area contributed by atoms with Crippen LogP contribution in [0.15, 0.2) is 0 Å². The summed E-state index contributed by atoms with van der Waals surface area (Å²) in [6.07, 6.45) is 0.534. The van der Waals surface area contributed by atoms with Gasteiger partial charge in [-0.25, -0.2) is 9.59 Å². The number of ether oxygens (including phenoxy) is 3. The van der Waals surface area contributed by atoms with Gasteiger partial charge in [-0.2, -0.15) is 0 Å². The molecule has 3 fully saturated rings. The third kappa shape index (κ3) is 3.20. The minimum Gasteiger partial charge on any atom is -0.480 e. The highest BCUT2D eigenvalue weighted by Crippen LogP contribution is 2.51. The minimum atomic E-state index is -1.04. The van der Waals surface area contributed by atoms with Crippen LogP contribution in [0.25, 0.3) is 0 Å². The van der Waals surface area contributed by atoms with Gasteiger partial charge in [0.15, 0.2) is 0 Å². The summed E-state index contributed by atoms with van der Waals surface area (Å²) in [7, 11) is 0. The molecule has 1 saturated carbocycles. The third-order valence-electron chi connectivity index (χ3n) is 4.56. The molecule has 21 heavy (non-hydrogen) atoms. The molecule has 2 heterocycles. The van der Waals surface area contributed by atoms with E-state index in [1.807, 2.05) is 20.8 Å². The molecule has 3 aliphatic rings. The lowest BCUT2D eigenvalue weighted by Crippen LogP contribution is -2.69. The molecule has 0 amide bonds. The molecule has 0 spiro atoms. The Morgan fingerprint density at radius 3 is 1.86 bits per heavy atom. The van der Waals surface area contributed by atoms with Gasteiger partial charge in [-0.1, -0.05) is 0 Å². The van der Waals surface area contributed by atoms with E-state index in [1.165, 1.54) is 0 Å². The van der Waals surface area contributed by atoms with Crippen LogP contribution in [0.5, 0.6) is 0 Å². The molecule has 120 valence electrons. The highest BCUT2D eigenvalue weighted by molar-refractivity contribution is 5.68. The highest BCUT2D eigenvalue weighted by atomic mass is 16.6. The highest BCUT2D eigenvalue weighted by Gasteiger charge is 2.60. The van der Waals surface area contributed by atoms with E-state index in [0.29, 0.717) is 12.8 Å². The van der Waals surface area contributed by atoms with Crippen molar-refractivity contribution in [1.29, 1.82) is 0 Å². The topological polar surface area (TPSA) is 102 Å². The average Bonchev–Trinajstić information content (AvgIpc) is 2.33. The summed E-state index contributed by atoms with van der Waals surface area (Å²) in [5.41, 5.74) is -1.20. The molecule has 7 heteroatoms. The number of carbonyl (C=O) groups is 2. The molecule has 0 aromatic rings. The maximum absolute atomic E-state index is 10.7. The van der Waals surface area contributed by atoms with E-state index in [9.17, 15) is 9.59 Å². The fourth-order valence-corrected chi connectivity index (χ4v) is 3.45. The summed E-state index contributed by atoms with van der Waals surface area (Å²) in [5, 5.41) is 17.5. The van der Waals surface area contributed by atoms with E-state index in [0.717, 1.165) is 0 Å². The first-order chi connectivity index (χ1) is 9.65. The Morgan fingerprint density at radius 1 is 1.05 bits per heavy atom. The lowest BCUT2D eigenvalue weighted by atomic mass is 9.65. The van der Waals surface area contributed by atoms with E-state index in [2.05, 4.69) is 0 Å². The zero-order valence-corrected chi connectivity index (χ0v) is 12.5. The summed E-state index contributed by atoms with van der Waals surface area (Å²) >= 11 is 0. The zero-order valence-electron chi connectivity index (χ0n) is 12.5. The van der Waals surface area contributed by atoms with Crippen molar-refractivity contribution < 1.29 is 34.0 Å². The summed E-state index contributed by atoms with van der Waals surface area (Å²) in [6.45, 7) is 4.97. The Bertz CT molecular complexity index is 403. The molecule has 2 aliphatic heterocycles. The number of hydrogen-bond acceptors (Lipinski definition) is 5. The van der Waals surface area contributed by atoms with Gasteiger partial charge in [0, 0.05) is 0 Å². The normalized spacial score (nSPS) is 37.4. The zero-order chi connectivity index (χ0) is 15.8. The second-order valence-corrected chi connectivity index (χ2v) is 6.44. The largest absolute Gasteiger partial charge is 0.480 e. The van der Waals surface area contributed by atoms with Gasteiger partial charge in [0.2, 0.25) is 0 Å². The second-order valence-electron chi connectivity index (χ2n) is 6.44. The first kappa shape index (κ1) is 16.2. The maximum atomic E-state index is 10.7. The molecule has 7 nitrogen and oxygen atoms in total. The minimum absolute atomic E-state index is 0.136. The molecule has 0 aromatic carbocycles. The van der Waals surface area contributed by atoms with E-state index in [-0.39, 0.29) is 11.5 Å². The van der Waals surface area contributed by atoms with Crippen molar-refractivity contribution in [1.82, 2.24) is 0 Å². The Morgan fingerprint density at radius 2 is 1.48 bits per heavy atom. The number of carboxylic acids is 2. The van der Waals surface area contributed by atoms with Crippen LogP contribution in [-0.4, -0.2) is 58.8 Å². The number of aliphatic carboxylic acids is 2. The number of rotatable bonds is 6. The molecule has 0 aromatic heterocycles. The van der Waals surface area contributed by atoms with Crippen molar-refractivity contribution in [3.05, 3.63) is 0 Å². The second kappa shape index (κ2) is 5.55. The maximum Gasteiger partial charge on any atom is 0.329 e. The van der Waals surface area contributed by atoms with Crippen LogP contribution >= 0.6 is 0 Å². The van der Waals surface area contributed by atoms with Gasteiger partial charge in [0.1, 0.15) is 18.8 Å². The van der Waals surface area contributed by atoms with Crippen LogP contribution in [0.1, 0.15) is 33.6 Å². The van der Waals surface area contributed by atoms with Crippen molar-refractivity contribution in [2.24, 2.45) is 5.92 Å². The monoisotopic (exact) mass is 302 g/mol. The number of fused-ring (bicyclic) bond motifs is 3. The van der Waals surface area contributed by atoms with Gasteiger partial charge in [0.25, 0.3) is 0 Å². The van der Waals surface area contributed by atoms with Crippen molar-refractivity contribution in [3.63, 3.8) is 0 Å². The molecular formula is C14H22O7. The molecule has 0 radical (unpaired) electrons. The van der Waals surface area contributed by atoms with Crippen LogP contribution in [0.4, 0.5) is 0 Å². The van der Waals surface area contributed by atoms with E-state index in [1.54, 1.807) is 0 Å². The van der Waals surface area contributed by atoms with Crippen molar-refractivity contribution in [2.75, 3.05) is 13.2 Å². The summed E-state index contributed by atoms with van der Waals surface area (Å²) < 4.78 is 17.0. The van der Waals surface area contributed by atoms with Crippen molar-refractivity contribution >= 4 is 11.9 Å². The number of hydrogen-bond donors (Lipinski definition) is 2. The lowest BCUT2D eigenvalue weighted by Gasteiger charge is -2.60. The Labute approximate surface area is 123 Å². The smallest absolute Gasteiger partial charge is 0.329 e. The molecule has 2 saturated heterocycles. The SMILES string of the molecule is CC1(C)OC2(C)C(OCC(=O)O)CC1CC2OCC(=O)O. The predicted molar refractivity (Wildman–Crippen MR) is 71.0 cm³/mol. The quantitative estimate of drug-likeness (QED) is 0.751. The van der Waals surface area contributed by atoms with E-state index in [4.69, 9.17) is 24.4 Å². The van der Waals surface area contributed by atoms with E-state index >= 15 is 0 Å². The van der Waals surface area contributed by atoms with Gasteiger partial charge >= 0.3 is 11.9 Å². The van der Waals surface area contributed by atoms with Crippen LogP contribution in [0.2, 0.25) is 0 Å². The Kier molecular flexibility index (Phi) is 4.28. The van der Waals surface area contributed by atoms with E-state index < -0.39 is 43.0 Å². The summed E-state index contributed by atoms with van der Waals surface area (Å²) in [6, 6.07) is 0. The van der Waals surface area contributed by atoms with Gasteiger partial charge in [-0.3, -0.25) is 0 Å². The molecule has 3 rings (SSSR count). The Hall–Kier alpha value is -1.18. The van der Waals surface area contributed by atoms with Crippen LogP contribution < -0.4 is 0 Å². The van der Waals surface area contributed by atoms with Crippen molar-refractivity contribution in [2.45, 2.75) is 57.0 Å². The number of carboxylic acid groups (broad SMARTS) is 2. The Balaban J connectivity index is 2.14. The van der Waals surface area contributed by atoms with Crippen LogP contribution in [0, 0.1) is 5.92 Å². The van der Waals surface area contributed by atoms with Crippen LogP contribution in [0.3, 0.4) is 0 Å². The summed E-state index contributed by atoms with van der Waals surface area (Å²) in [4.78, 5) is 21.4. The first-order valence-electron chi connectivity index (χ1n) is 7.02. The van der Waals surface area contributed by atoms with Gasteiger partial charge in [-0.15, -0.1) is 0 Å². The first-order valence-corrected chi connectivity index (χ1v) is 7.02. The molecule has 2 atom stereocenters. The fraction of sp³-hybridized carbons (Fsp3) is 0.857. The van der Waals surface area contributed by atoms with Gasteiger partial charge in [-0.05, 0) is 39.5 Å². The predicted octanol–water partition coefficient (Wildman–Crippen LogP) is 0.903. The lowest BCUT2D eigenvalue weighted by molar-refractivity contribution is -0.324. The standard InChI is InChI=1S/C14H22O7/c1-13(2)8-4-9(19-6-11(15)16)14(3,21-13)10(5-8)20-7-12(17)18/h8-10H,4-7H2,1-3H3,(H,15,16)(H,17,18). The fourth-order valence-electron chi connectivity index (χ4n) is 3.45. The third-order valence-corrected chi connectivity index (χ3v) is 4.56. The molecule has 1 aliphatic carbocycles. The molecule has 2 unspecified atom stereocenters. The summed E-state index contributed by atoms with van der Waals surface area (Å²) in [5.74, 6) is -1.94. The van der Waals surface area contributed by atoms with Gasteiger partial charge < -0.3 is 24.4 Å². The average molecular weight is 302 g/mol. The molecular weight excluding hydrogens is 280 g/mol. The van der Waals surface area contributed by atoms with Crippen LogP contribution in [-0.2, 0) is 23.8 Å².